The highest BCUT2D eigenvalue weighted by molar-refractivity contribution is 5.93. The van der Waals surface area contributed by atoms with Crippen molar-refractivity contribution in [2.75, 3.05) is 46.2 Å². The second kappa shape index (κ2) is 16.5. The molecule has 0 saturated carbocycles. The number of pyridine rings is 1. The first-order valence-corrected chi connectivity index (χ1v) is 14.6. The Hall–Kier alpha value is -3.71. The molecule has 1 aliphatic heterocycles. The van der Waals surface area contributed by atoms with Crippen molar-refractivity contribution in [3.05, 3.63) is 88.5 Å². The lowest BCUT2D eigenvalue weighted by atomic mass is 9.85. The molecular weight excluding hydrogens is 510 g/mol. The summed E-state index contributed by atoms with van der Waals surface area (Å²) >= 11 is 0. The van der Waals surface area contributed by atoms with Gasteiger partial charge in [0, 0.05) is 81.8 Å². The van der Waals surface area contributed by atoms with Crippen LogP contribution in [0.2, 0.25) is 0 Å². The first-order valence-electron chi connectivity index (χ1n) is 14.6. The maximum absolute atomic E-state index is 12.2. The van der Waals surface area contributed by atoms with Crippen LogP contribution in [0.25, 0.3) is 6.08 Å². The van der Waals surface area contributed by atoms with Gasteiger partial charge in [-0.15, -0.1) is 0 Å². The monoisotopic (exact) mass is 559 g/mol. The number of aryl methyl sites for hydroxylation is 1. The molecule has 1 N–H and O–H groups in total. The zero-order valence-corrected chi connectivity index (χ0v) is 26.4. The number of rotatable bonds is 10. The number of allylic oxidation sites excluding steroid dienone is 2. The van der Waals surface area contributed by atoms with E-state index in [1.54, 1.807) is 26.0 Å². The van der Waals surface area contributed by atoms with Crippen molar-refractivity contribution in [1.82, 2.24) is 20.1 Å². The normalized spacial score (nSPS) is 18.0. The topological polar surface area (TPSA) is 68.8 Å². The van der Waals surface area contributed by atoms with Gasteiger partial charge in [-0.05, 0) is 75.9 Å². The molecule has 0 bridgehead atoms. The highest BCUT2D eigenvalue weighted by atomic mass is 16.2. The van der Waals surface area contributed by atoms with Gasteiger partial charge in [-0.2, -0.15) is 0 Å². The Morgan fingerprint density at radius 2 is 1.83 bits per heavy atom. The van der Waals surface area contributed by atoms with Gasteiger partial charge in [-0.3, -0.25) is 19.5 Å². The lowest BCUT2D eigenvalue weighted by Gasteiger charge is -2.38. The van der Waals surface area contributed by atoms with Crippen molar-refractivity contribution in [1.29, 1.82) is 0 Å². The molecule has 2 unspecified atom stereocenters. The van der Waals surface area contributed by atoms with Crippen molar-refractivity contribution in [2.24, 2.45) is 0 Å². The van der Waals surface area contributed by atoms with Crippen LogP contribution in [-0.2, 0) is 4.79 Å². The van der Waals surface area contributed by atoms with E-state index in [9.17, 15) is 9.59 Å². The molecule has 7 heteroatoms. The van der Waals surface area contributed by atoms with Gasteiger partial charge < -0.3 is 15.1 Å². The van der Waals surface area contributed by atoms with Crippen LogP contribution < -0.4 is 10.2 Å². The van der Waals surface area contributed by atoms with E-state index in [2.05, 4.69) is 52.2 Å². The van der Waals surface area contributed by atoms with Crippen molar-refractivity contribution >= 4 is 24.0 Å². The Kier molecular flexibility index (Phi) is 13.5. The molecule has 0 spiro atoms. The largest absolute Gasteiger partial charge is 0.388 e. The van der Waals surface area contributed by atoms with Crippen LogP contribution in [0.3, 0.4) is 0 Å². The second-order valence-electron chi connectivity index (χ2n) is 10.6. The lowest BCUT2D eigenvalue weighted by molar-refractivity contribution is -0.104. The zero-order chi connectivity index (χ0) is 30.5. The average Bonchev–Trinajstić information content (AvgIpc) is 2.97. The minimum absolute atomic E-state index is 0.0404. The van der Waals surface area contributed by atoms with Gasteiger partial charge in [0.05, 0.1) is 5.69 Å². The number of hydrogen-bond donors (Lipinski definition) is 1. The average molecular weight is 560 g/mol. The van der Waals surface area contributed by atoms with Gasteiger partial charge in [0.25, 0.3) is 5.91 Å². The van der Waals surface area contributed by atoms with Crippen LogP contribution in [-0.4, -0.2) is 74.3 Å². The van der Waals surface area contributed by atoms with Crippen LogP contribution in [0.5, 0.6) is 0 Å². The van der Waals surface area contributed by atoms with Crippen LogP contribution in [0, 0.1) is 6.92 Å². The third-order valence-electron chi connectivity index (χ3n) is 7.45. The van der Waals surface area contributed by atoms with E-state index in [-0.39, 0.29) is 5.91 Å². The fourth-order valence-electron chi connectivity index (χ4n) is 5.15. The number of benzene rings is 1. The van der Waals surface area contributed by atoms with E-state index in [1.165, 1.54) is 17.2 Å². The minimum atomic E-state index is 0.0404. The predicted molar refractivity (Wildman–Crippen MR) is 172 cm³/mol. The molecule has 222 valence electrons. The fourth-order valence-corrected chi connectivity index (χ4v) is 5.15. The second-order valence-corrected chi connectivity index (χ2v) is 10.6. The minimum Gasteiger partial charge on any atom is -0.388 e. The third kappa shape index (κ3) is 9.42. The Bertz CT molecular complexity index is 1230. The zero-order valence-electron chi connectivity index (χ0n) is 26.4. The summed E-state index contributed by atoms with van der Waals surface area (Å²) in [4.78, 5) is 33.8. The number of anilines is 1. The van der Waals surface area contributed by atoms with E-state index in [0.29, 0.717) is 12.0 Å². The van der Waals surface area contributed by atoms with Crippen molar-refractivity contribution in [2.45, 2.75) is 59.4 Å². The number of aromatic nitrogens is 1. The van der Waals surface area contributed by atoms with E-state index in [1.807, 2.05) is 64.5 Å². The molecule has 2 heterocycles. The van der Waals surface area contributed by atoms with Gasteiger partial charge in [-0.25, -0.2) is 0 Å². The molecule has 41 heavy (non-hydrogen) atoms. The number of hydrogen-bond acceptors (Lipinski definition) is 6. The Morgan fingerprint density at radius 3 is 2.41 bits per heavy atom. The molecule has 1 aromatic heterocycles. The van der Waals surface area contributed by atoms with Crippen LogP contribution >= 0.6 is 0 Å². The number of nitrogens with one attached hydrogen (secondary N) is 1. The lowest BCUT2D eigenvalue weighted by Crippen LogP contribution is -2.41. The highest BCUT2D eigenvalue weighted by Crippen LogP contribution is 2.32. The molecule has 1 fully saturated rings. The first-order chi connectivity index (χ1) is 19.6. The molecule has 0 radical (unpaired) electrons. The maximum atomic E-state index is 12.2. The Labute approximate surface area is 247 Å². The van der Waals surface area contributed by atoms with E-state index in [4.69, 9.17) is 0 Å². The number of carbonyl (C=O) groups is 2. The van der Waals surface area contributed by atoms with Crippen LogP contribution in [0.1, 0.15) is 73.6 Å². The molecule has 7 nitrogen and oxygen atoms in total. The van der Waals surface area contributed by atoms with Gasteiger partial charge in [0.15, 0.2) is 0 Å². The van der Waals surface area contributed by atoms with Crippen molar-refractivity contribution < 1.29 is 9.59 Å². The summed E-state index contributed by atoms with van der Waals surface area (Å²) in [6.45, 7) is 12.5. The number of aldehydes is 1. The number of carbonyl (C=O) groups excluding carboxylic acids is 2. The maximum Gasteiger partial charge on any atom is 0.253 e. The summed E-state index contributed by atoms with van der Waals surface area (Å²) in [6, 6.07) is 10.6. The molecule has 0 aliphatic carbocycles. The molecule has 2 atom stereocenters. The van der Waals surface area contributed by atoms with Gasteiger partial charge >= 0.3 is 0 Å². The summed E-state index contributed by atoms with van der Waals surface area (Å²) in [5.74, 6) is 0.547. The molecule has 3 rings (SSSR count). The summed E-state index contributed by atoms with van der Waals surface area (Å²) in [5, 5.41) is 3.01. The van der Waals surface area contributed by atoms with E-state index >= 15 is 0 Å². The molecule has 1 amide bonds. The fraction of sp³-hybridized carbons (Fsp3) is 0.441. The Balaban J connectivity index is 0.00000287. The van der Waals surface area contributed by atoms with E-state index < -0.39 is 0 Å². The highest BCUT2D eigenvalue weighted by Gasteiger charge is 2.26. The van der Waals surface area contributed by atoms with Crippen molar-refractivity contribution in [3.63, 3.8) is 0 Å². The third-order valence-corrected chi connectivity index (χ3v) is 7.45. The molecular formula is C34H49N5O2. The number of nitrogens with zero attached hydrogens (tertiary/aromatic N) is 4. The number of likely N-dealkylation sites (N-methyl/N-ethyl adjacent to an activating group) is 1. The van der Waals surface area contributed by atoms with Crippen LogP contribution in [0.4, 0.5) is 5.69 Å². The van der Waals surface area contributed by atoms with E-state index in [0.717, 1.165) is 60.4 Å². The first kappa shape index (κ1) is 33.5. The summed E-state index contributed by atoms with van der Waals surface area (Å²) in [7, 11) is 7.36. The standard InChI is InChI=1S/C32H43N5O2.C2H6/c1-23(20-30-25(3)34-16-12-31(30)36(7)17-14-29(33-4)15-19-38)22-37-18-13-28(21-24(37)2)26-8-10-27(11-9-26)32(39)35(5)6;1-2/h8-12,14-17,19-20,24,28,33H,13,18,21-22H2,1-7H3;1-2H3/b17-14-,23-20+,29-15+;. The van der Waals surface area contributed by atoms with Crippen molar-refractivity contribution in [3.8, 4) is 0 Å². The smallest absolute Gasteiger partial charge is 0.253 e. The summed E-state index contributed by atoms with van der Waals surface area (Å²) in [5.41, 5.74) is 7.23. The number of amides is 1. The predicted octanol–water partition coefficient (Wildman–Crippen LogP) is 6.04. The summed E-state index contributed by atoms with van der Waals surface area (Å²) in [6.07, 6.45) is 12.4. The molecule has 2 aromatic rings. The van der Waals surface area contributed by atoms with Gasteiger partial charge in [0.2, 0.25) is 0 Å². The number of likely N-dealkylation sites (tertiary alicyclic amines) is 1. The van der Waals surface area contributed by atoms with Crippen LogP contribution in [0.15, 0.2) is 66.2 Å². The molecule has 1 aromatic carbocycles. The number of piperidine rings is 1. The SMILES string of the molecule is CC.CNC(/C=C\N(C)c1ccnc(C)c1/C=C(\C)CN1CCC(c2ccc(C(=O)N(C)C)cc2)CC1C)=C/C=O. The molecule has 1 aliphatic rings. The molecule has 1 saturated heterocycles. The van der Waals surface area contributed by atoms with Gasteiger partial charge in [0.1, 0.15) is 6.29 Å². The van der Waals surface area contributed by atoms with Gasteiger partial charge in [-0.1, -0.05) is 37.6 Å². The Morgan fingerprint density at radius 1 is 1.15 bits per heavy atom. The summed E-state index contributed by atoms with van der Waals surface area (Å²) < 4.78 is 0. The quantitative estimate of drug-likeness (QED) is 0.217.